The number of aromatic nitrogens is 3. The Kier molecular flexibility index (Phi) is 3.36. The van der Waals surface area contributed by atoms with Gasteiger partial charge >= 0.3 is 0 Å². The molecule has 0 atom stereocenters. The minimum absolute atomic E-state index is 0.0858. The van der Waals surface area contributed by atoms with Gasteiger partial charge in [-0.15, -0.1) is 0 Å². The van der Waals surface area contributed by atoms with Crippen LogP contribution in [0.3, 0.4) is 0 Å². The second kappa shape index (κ2) is 4.91. The number of halogens is 3. The zero-order valence-corrected chi connectivity index (χ0v) is 12.5. The first-order valence-electron chi connectivity index (χ1n) is 5.63. The summed E-state index contributed by atoms with van der Waals surface area (Å²) >= 11 is 17.5. The highest BCUT2D eigenvalue weighted by atomic mass is 35.6. The molecule has 0 aliphatic carbocycles. The Morgan fingerprint density at radius 3 is 2.55 bits per heavy atom. The van der Waals surface area contributed by atoms with Gasteiger partial charge in [0.15, 0.2) is 23.1 Å². The highest BCUT2D eigenvalue weighted by molar-refractivity contribution is 6.66. The zero-order valence-electron chi connectivity index (χ0n) is 10.2. The van der Waals surface area contributed by atoms with Crippen molar-refractivity contribution < 1.29 is 9.47 Å². The highest BCUT2D eigenvalue weighted by Gasteiger charge is 2.28. The summed E-state index contributed by atoms with van der Waals surface area (Å²) in [6.45, 7) is 1.91. The molecular formula is C12H8Cl3N3O2. The Morgan fingerprint density at radius 2 is 1.80 bits per heavy atom. The molecule has 0 amide bonds. The second-order valence-corrected chi connectivity index (χ2v) is 6.38. The van der Waals surface area contributed by atoms with E-state index in [1.54, 1.807) is 19.1 Å². The maximum Gasteiger partial charge on any atom is 0.250 e. The summed E-state index contributed by atoms with van der Waals surface area (Å²) in [5.41, 5.74) is 0.732. The van der Waals surface area contributed by atoms with E-state index in [0.717, 1.165) is 5.56 Å². The molecule has 1 aliphatic heterocycles. The molecule has 1 aliphatic rings. The summed E-state index contributed by atoms with van der Waals surface area (Å²) in [5, 5.41) is 0. The molecule has 104 valence electrons. The molecule has 2 heterocycles. The minimum Gasteiger partial charge on any atom is -0.454 e. The zero-order chi connectivity index (χ0) is 14.3. The van der Waals surface area contributed by atoms with Gasteiger partial charge in [-0.05, 0) is 25.1 Å². The van der Waals surface area contributed by atoms with Crippen LogP contribution in [0.25, 0.3) is 11.4 Å². The van der Waals surface area contributed by atoms with E-state index < -0.39 is 3.79 Å². The van der Waals surface area contributed by atoms with Crippen LogP contribution < -0.4 is 9.47 Å². The predicted molar refractivity (Wildman–Crippen MR) is 75.4 cm³/mol. The van der Waals surface area contributed by atoms with Gasteiger partial charge in [-0.2, -0.15) is 0 Å². The van der Waals surface area contributed by atoms with Crippen molar-refractivity contribution >= 4 is 34.8 Å². The monoisotopic (exact) mass is 331 g/mol. The first kappa shape index (κ1) is 13.7. The van der Waals surface area contributed by atoms with E-state index in [0.29, 0.717) is 23.1 Å². The van der Waals surface area contributed by atoms with E-state index in [2.05, 4.69) is 15.0 Å². The maximum absolute atomic E-state index is 5.82. The van der Waals surface area contributed by atoms with Crippen molar-refractivity contribution in [3.63, 3.8) is 0 Å². The van der Waals surface area contributed by atoms with Crippen LogP contribution in [0, 0.1) is 6.92 Å². The lowest BCUT2D eigenvalue weighted by Crippen LogP contribution is -2.11. The van der Waals surface area contributed by atoms with E-state index in [-0.39, 0.29) is 12.6 Å². The summed E-state index contributed by atoms with van der Waals surface area (Å²) in [6.07, 6.45) is 0. The molecule has 3 rings (SSSR count). The molecule has 0 saturated heterocycles. The molecule has 0 radical (unpaired) electrons. The Bertz CT molecular complexity index is 673. The molecule has 20 heavy (non-hydrogen) atoms. The Labute approximate surface area is 129 Å². The standard InChI is InChI=1S/C12H8Cl3N3O2/c1-6-16-10(18-11(17-6)12(13,14)15)7-2-3-8-9(4-7)20-5-19-8/h2-4H,5H2,1H3. The van der Waals surface area contributed by atoms with Crippen LogP contribution in [-0.2, 0) is 3.79 Å². The van der Waals surface area contributed by atoms with Gasteiger partial charge in [0.05, 0.1) is 0 Å². The molecule has 0 spiro atoms. The topological polar surface area (TPSA) is 57.1 Å². The number of rotatable bonds is 1. The Balaban J connectivity index is 2.08. The van der Waals surface area contributed by atoms with Gasteiger partial charge < -0.3 is 9.47 Å². The molecule has 5 nitrogen and oxygen atoms in total. The van der Waals surface area contributed by atoms with E-state index in [1.165, 1.54) is 0 Å². The van der Waals surface area contributed by atoms with Gasteiger partial charge in [-0.25, -0.2) is 15.0 Å². The number of fused-ring (bicyclic) bond motifs is 1. The molecule has 8 heteroatoms. The lowest BCUT2D eigenvalue weighted by atomic mass is 10.2. The first-order valence-corrected chi connectivity index (χ1v) is 6.77. The average Bonchev–Trinajstić information content (AvgIpc) is 2.84. The van der Waals surface area contributed by atoms with Crippen LogP contribution in [0.1, 0.15) is 11.6 Å². The number of aryl methyl sites for hydroxylation is 1. The molecule has 0 bridgehead atoms. The smallest absolute Gasteiger partial charge is 0.250 e. The number of nitrogens with zero attached hydrogens (tertiary/aromatic N) is 3. The maximum atomic E-state index is 5.82. The van der Waals surface area contributed by atoms with Gasteiger partial charge in [-0.3, -0.25) is 0 Å². The van der Waals surface area contributed by atoms with Crippen LogP contribution in [-0.4, -0.2) is 21.7 Å². The first-order chi connectivity index (χ1) is 9.43. The Morgan fingerprint density at radius 1 is 1.05 bits per heavy atom. The third-order valence-electron chi connectivity index (χ3n) is 2.63. The quantitative estimate of drug-likeness (QED) is 0.749. The van der Waals surface area contributed by atoms with Crippen molar-refractivity contribution in [2.24, 2.45) is 0 Å². The molecule has 0 saturated carbocycles. The van der Waals surface area contributed by atoms with E-state index >= 15 is 0 Å². The molecule has 2 aromatic rings. The summed E-state index contributed by atoms with van der Waals surface area (Å²) in [5.74, 6) is 2.28. The largest absolute Gasteiger partial charge is 0.454 e. The van der Waals surface area contributed by atoms with Crippen LogP contribution in [0.5, 0.6) is 11.5 Å². The predicted octanol–water partition coefficient (Wildman–Crippen LogP) is 3.40. The van der Waals surface area contributed by atoms with Gasteiger partial charge in [-0.1, -0.05) is 34.8 Å². The fourth-order valence-corrected chi connectivity index (χ4v) is 2.03. The van der Waals surface area contributed by atoms with E-state index in [1.807, 2.05) is 6.07 Å². The molecule has 1 aromatic carbocycles. The number of ether oxygens (including phenoxy) is 2. The van der Waals surface area contributed by atoms with Crippen LogP contribution >= 0.6 is 34.8 Å². The molecule has 0 unspecified atom stereocenters. The molecule has 0 fully saturated rings. The van der Waals surface area contributed by atoms with Crippen LogP contribution in [0.4, 0.5) is 0 Å². The molecule has 0 N–H and O–H groups in total. The molecule has 1 aromatic heterocycles. The van der Waals surface area contributed by atoms with E-state index in [9.17, 15) is 0 Å². The van der Waals surface area contributed by atoms with Crippen molar-refractivity contribution in [3.05, 3.63) is 29.8 Å². The van der Waals surface area contributed by atoms with Crippen molar-refractivity contribution in [1.29, 1.82) is 0 Å². The molecular weight excluding hydrogens is 325 g/mol. The van der Waals surface area contributed by atoms with Crippen LogP contribution in [0.15, 0.2) is 18.2 Å². The fraction of sp³-hybridized carbons (Fsp3) is 0.250. The average molecular weight is 333 g/mol. The third kappa shape index (κ3) is 2.61. The lowest BCUT2D eigenvalue weighted by Gasteiger charge is -2.11. The number of hydrogen-bond acceptors (Lipinski definition) is 5. The number of benzene rings is 1. The number of alkyl halides is 3. The summed E-state index contributed by atoms with van der Waals surface area (Å²) in [6, 6.07) is 5.37. The van der Waals surface area contributed by atoms with Gasteiger partial charge in [0.1, 0.15) is 5.82 Å². The SMILES string of the molecule is Cc1nc(-c2ccc3c(c2)OCO3)nc(C(Cl)(Cl)Cl)n1. The lowest BCUT2D eigenvalue weighted by molar-refractivity contribution is 0.174. The van der Waals surface area contributed by atoms with Gasteiger partial charge in [0.2, 0.25) is 10.6 Å². The van der Waals surface area contributed by atoms with Gasteiger partial charge in [0, 0.05) is 5.56 Å². The van der Waals surface area contributed by atoms with Crippen molar-refractivity contribution in [2.75, 3.05) is 6.79 Å². The van der Waals surface area contributed by atoms with Gasteiger partial charge in [0.25, 0.3) is 0 Å². The van der Waals surface area contributed by atoms with Crippen molar-refractivity contribution in [2.45, 2.75) is 10.7 Å². The third-order valence-corrected chi connectivity index (χ3v) is 3.14. The fourth-order valence-electron chi connectivity index (χ4n) is 1.77. The minimum atomic E-state index is -1.70. The summed E-state index contributed by atoms with van der Waals surface area (Å²) in [4.78, 5) is 12.5. The van der Waals surface area contributed by atoms with E-state index in [4.69, 9.17) is 44.3 Å². The summed E-state index contributed by atoms with van der Waals surface area (Å²) in [7, 11) is 0. The summed E-state index contributed by atoms with van der Waals surface area (Å²) < 4.78 is 8.87. The second-order valence-electron chi connectivity index (χ2n) is 4.10. The van der Waals surface area contributed by atoms with Crippen molar-refractivity contribution in [3.8, 4) is 22.9 Å². The Hall–Kier alpha value is -1.30. The normalized spacial score (nSPS) is 13.6. The van der Waals surface area contributed by atoms with Crippen LogP contribution in [0.2, 0.25) is 0 Å². The van der Waals surface area contributed by atoms with Crippen molar-refractivity contribution in [1.82, 2.24) is 15.0 Å². The number of hydrogen-bond donors (Lipinski definition) is 0. The highest BCUT2D eigenvalue weighted by Crippen LogP contribution is 2.38.